The van der Waals surface area contributed by atoms with Gasteiger partial charge < -0.3 is 4.90 Å². The molecule has 5 heteroatoms. The molecule has 0 bridgehead atoms. The van der Waals surface area contributed by atoms with Gasteiger partial charge in [-0.1, -0.05) is 27.7 Å². The van der Waals surface area contributed by atoms with E-state index in [9.17, 15) is 9.00 Å². The number of hydrogen-bond acceptors (Lipinski definition) is 3. The van der Waals surface area contributed by atoms with Crippen LogP contribution in [0.4, 0.5) is 0 Å². The van der Waals surface area contributed by atoms with Crippen molar-refractivity contribution in [2.45, 2.75) is 64.4 Å². The van der Waals surface area contributed by atoms with Crippen LogP contribution in [-0.4, -0.2) is 45.3 Å². The first-order valence-electron chi connectivity index (χ1n) is 7.25. The lowest BCUT2D eigenvalue weighted by Crippen LogP contribution is -2.40. The van der Waals surface area contributed by atoms with Gasteiger partial charge in [-0.05, 0) is 25.2 Å². The number of amides is 1. The van der Waals surface area contributed by atoms with E-state index < -0.39 is 10.8 Å². The minimum atomic E-state index is -0.812. The fourth-order valence-corrected chi connectivity index (χ4v) is 2.87. The normalized spacial score (nSPS) is 27.1. The first-order chi connectivity index (χ1) is 8.86. The van der Waals surface area contributed by atoms with Crippen molar-refractivity contribution in [1.29, 1.82) is 0 Å². The molecular formula is C14H28N2O2S. The lowest BCUT2D eigenvalue weighted by Gasteiger charge is -2.26. The molecule has 0 aromatic rings. The van der Waals surface area contributed by atoms with Gasteiger partial charge in [0.1, 0.15) is 0 Å². The molecule has 4 atom stereocenters. The second-order valence-electron chi connectivity index (χ2n) is 5.90. The van der Waals surface area contributed by atoms with Crippen molar-refractivity contribution in [3.63, 3.8) is 0 Å². The highest BCUT2D eigenvalue weighted by atomic mass is 32.2. The first-order valence-corrected chi connectivity index (χ1v) is 8.87. The van der Waals surface area contributed by atoms with E-state index in [1.165, 1.54) is 0 Å². The minimum Gasteiger partial charge on any atom is -0.326 e. The quantitative estimate of drug-likeness (QED) is 0.776. The summed E-state index contributed by atoms with van der Waals surface area (Å²) in [5, 5.41) is 3.57. The average molecular weight is 288 g/mol. The molecule has 0 radical (unpaired) electrons. The van der Waals surface area contributed by atoms with E-state index >= 15 is 0 Å². The molecule has 0 saturated carbocycles. The van der Waals surface area contributed by atoms with Crippen molar-refractivity contribution in [2.24, 2.45) is 5.92 Å². The molecule has 1 N–H and O–H groups in total. The Labute approximate surface area is 119 Å². The Bertz CT molecular complexity index is 333. The first kappa shape index (κ1) is 16.6. The highest BCUT2D eigenvalue weighted by molar-refractivity contribution is 7.84. The van der Waals surface area contributed by atoms with Gasteiger partial charge in [-0.2, -0.15) is 0 Å². The van der Waals surface area contributed by atoms with Crippen LogP contribution in [0.15, 0.2) is 0 Å². The predicted octanol–water partition coefficient (Wildman–Crippen LogP) is 1.73. The van der Waals surface area contributed by atoms with Crippen LogP contribution in [0, 0.1) is 5.92 Å². The van der Waals surface area contributed by atoms with Gasteiger partial charge >= 0.3 is 0 Å². The third-order valence-corrected chi connectivity index (χ3v) is 5.17. The third kappa shape index (κ3) is 4.56. The van der Waals surface area contributed by atoms with Crippen molar-refractivity contribution >= 4 is 16.7 Å². The third-order valence-electron chi connectivity index (χ3n) is 3.80. The molecule has 1 aliphatic rings. The van der Waals surface area contributed by atoms with Gasteiger partial charge in [-0.25, -0.2) is 0 Å². The van der Waals surface area contributed by atoms with Crippen molar-refractivity contribution < 1.29 is 9.00 Å². The Morgan fingerprint density at radius 3 is 2.47 bits per heavy atom. The maximum absolute atomic E-state index is 12.3. The topological polar surface area (TPSA) is 49.4 Å². The zero-order valence-corrected chi connectivity index (χ0v) is 13.6. The van der Waals surface area contributed by atoms with Crippen LogP contribution in [0.3, 0.4) is 0 Å². The molecule has 1 rings (SSSR count). The summed E-state index contributed by atoms with van der Waals surface area (Å²) in [7, 11) is -0.812. The molecule has 1 amide bonds. The van der Waals surface area contributed by atoms with Crippen LogP contribution in [0.1, 0.15) is 47.0 Å². The Kier molecular flexibility index (Phi) is 6.47. The van der Waals surface area contributed by atoms with Gasteiger partial charge in [0.15, 0.2) is 0 Å². The van der Waals surface area contributed by atoms with E-state index in [0.29, 0.717) is 12.5 Å². The summed E-state index contributed by atoms with van der Waals surface area (Å²) in [6.45, 7) is 9.08. The fourth-order valence-electron chi connectivity index (χ4n) is 2.43. The summed E-state index contributed by atoms with van der Waals surface area (Å²) in [5.41, 5.74) is 0. The zero-order valence-electron chi connectivity index (χ0n) is 12.8. The van der Waals surface area contributed by atoms with Crippen LogP contribution in [0.25, 0.3) is 0 Å². The van der Waals surface area contributed by atoms with Crippen LogP contribution >= 0.6 is 0 Å². The van der Waals surface area contributed by atoms with Crippen molar-refractivity contribution in [2.75, 3.05) is 12.8 Å². The molecule has 112 valence electrons. The van der Waals surface area contributed by atoms with E-state index in [-0.39, 0.29) is 23.4 Å². The largest absolute Gasteiger partial charge is 0.326 e. The van der Waals surface area contributed by atoms with Crippen LogP contribution in [0.2, 0.25) is 0 Å². The number of carbonyl (C=O) groups is 1. The molecule has 1 heterocycles. The van der Waals surface area contributed by atoms with E-state index in [4.69, 9.17) is 0 Å². The maximum Gasteiger partial charge on any atom is 0.241 e. The zero-order chi connectivity index (χ0) is 14.6. The van der Waals surface area contributed by atoms with Gasteiger partial charge in [0.25, 0.3) is 0 Å². The number of nitrogens with one attached hydrogen (secondary N) is 1. The average Bonchev–Trinajstić information content (AvgIpc) is 2.61. The Hall–Kier alpha value is -0.420. The second kappa shape index (κ2) is 7.39. The Morgan fingerprint density at radius 1 is 1.37 bits per heavy atom. The summed E-state index contributed by atoms with van der Waals surface area (Å²) in [6, 6.07) is -0.0359. The predicted molar refractivity (Wildman–Crippen MR) is 80.3 cm³/mol. The number of carbonyl (C=O) groups excluding carboxylic acids is 1. The fraction of sp³-hybridized carbons (Fsp3) is 0.929. The summed E-state index contributed by atoms with van der Waals surface area (Å²) in [6.07, 6.45) is 4.50. The Balaban J connectivity index is 2.64. The van der Waals surface area contributed by atoms with Gasteiger partial charge in [0.2, 0.25) is 5.91 Å². The summed E-state index contributed by atoms with van der Waals surface area (Å²) >= 11 is 0. The van der Waals surface area contributed by atoms with E-state index in [1.807, 2.05) is 18.7 Å². The summed E-state index contributed by atoms with van der Waals surface area (Å²) in [5.74, 6) is 0.767. The van der Waals surface area contributed by atoms with Crippen LogP contribution in [0.5, 0.6) is 0 Å². The van der Waals surface area contributed by atoms with Gasteiger partial charge in [-0.15, -0.1) is 0 Å². The van der Waals surface area contributed by atoms with Gasteiger partial charge in [0.05, 0.1) is 12.2 Å². The van der Waals surface area contributed by atoms with E-state index in [2.05, 4.69) is 19.2 Å². The van der Waals surface area contributed by atoms with Crippen molar-refractivity contribution in [3.8, 4) is 0 Å². The highest BCUT2D eigenvalue weighted by Crippen LogP contribution is 2.20. The van der Waals surface area contributed by atoms with Crippen molar-refractivity contribution in [3.05, 3.63) is 0 Å². The summed E-state index contributed by atoms with van der Waals surface area (Å²) < 4.78 is 11.4. The molecule has 4 nitrogen and oxygen atoms in total. The lowest BCUT2D eigenvalue weighted by atomic mass is 10.1. The minimum absolute atomic E-state index is 0.0359. The van der Waals surface area contributed by atoms with Crippen molar-refractivity contribution in [1.82, 2.24) is 10.2 Å². The van der Waals surface area contributed by atoms with Gasteiger partial charge in [-0.3, -0.25) is 14.3 Å². The maximum atomic E-state index is 12.3. The molecule has 0 spiro atoms. The second-order valence-corrected chi connectivity index (χ2v) is 7.70. The number of hydrogen-bond donors (Lipinski definition) is 1. The number of rotatable bonds is 7. The molecule has 0 aliphatic carbocycles. The summed E-state index contributed by atoms with van der Waals surface area (Å²) in [4.78, 5) is 14.3. The molecule has 4 unspecified atom stereocenters. The Morgan fingerprint density at radius 2 is 2.00 bits per heavy atom. The highest BCUT2D eigenvalue weighted by Gasteiger charge is 2.37. The molecule has 19 heavy (non-hydrogen) atoms. The number of nitrogens with zero attached hydrogens (tertiary/aromatic N) is 1. The lowest BCUT2D eigenvalue weighted by molar-refractivity contribution is -0.130. The smallest absolute Gasteiger partial charge is 0.241 e. The molecule has 0 aromatic heterocycles. The monoisotopic (exact) mass is 288 g/mol. The van der Waals surface area contributed by atoms with E-state index in [1.54, 1.807) is 6.26 Å². The molecule has 0 aromatic carbocycles. The molecule has 1 fully saturated rings. The van der Waals surface area contributed by atoms with Gasteiger partial charge in [0, 0.05) is 28.9 Å². The van der Waals surface area contributed by atoms with E-state index in [0.717, 1.165) is 19.3 Å². The SMILES string of the molecule is CCC1NC(CC(C)C)N(CCC(C)S(C)=O)C1=O. The molecular weight excluding hydrogens is 260 g/mol. The standard InChI is InChI=1S/C14H28N2O2S/c1-6-12-14(17)16(8-7-11(4)19(5)18)13(15-12)9-10(2)3/h10-13,15H,6-9H2,1-5H3. The van der Waals surface area contributed by atoms with Crippen LogP contribution < -0.4 is 5.32 Å². The molecule has 1 aliphatic heterocycles. The van der Waals surface area contributed by atoms with Crippen LogP contribution in [-0.2, 0) is 15.6 Å². The molecule has 1 saturated heterocycles.